The van der Waals surface area contributed by atoms with Crippen molar-refractivity contribution < 1.29 is 19.4 Å². The number of nitrogens with zero attached hydrogens (tertiary/aromatic N) is 1. The molecule has 0 spiro atoms. The Kier molecular flexibility index (Phi) is 8.21. The largest absolute Gasteiger partial charge is 0.491 e. The number of amides is 1. The highest BCUT2D eigenvalue weighted by molar-refractivity contribution is 5.89. The molecular weight excluding hydrogens is 432 g/mol. The Morgan fingerprint density at radius 2 is 1.79 bits per heavy atom. The van der Waals surface area contributed by atoms with E-state index in [9.17, 15) is 14.7 Å². The van der Waals surface area contributed by atoms with Crippen molar-refractivity contribution >= 4 is 16.9 Å². The van der Waals surface area contributed by atoms with Crippen LogP contribution in [0.15, 0.2) is 53.3 Å². The molecule has 0 fully saturated rings. The molecule has 7 heteroatoms. The molecule has 0 aliphatic carbocycles. The van der Waals surface area contributed by atoms with Crippen LogP contribution in [0.2, 0.25) is 0 Å². The first-order valence-corrected chi connectivity index (χ1v) is 11.7. The maximum absolute atomic E-state index is 13.5. The first kappa shape index (κ1) is 25.1. The van der Waals surface area contributed by atoms with Gasteiger partial charge in [-0.25, -0.2) is 4.79 Å². The van der Waals surface area contributed by atoms with Gasteiger partial charge in [0, 0.05) is 11.9 Å². The quantitative estimate of drug-likeness (QED) is 0.381. The molecule has 0 unspecified atom stereocenters. The fraction of sp³-hybridized carbons (Fsp3) is 0.407. The molecule has 1 heterocycles. The third kappa shape index (κ3) is 6.53. The van der Waals surface area contributed by atoms with Crippen LogP contribution in [0, 0.1) is 5.41 Å². The first-order valence-electron chi connectivity index (χ1n) is 11.7. The van der Waals surface area contributed by atoms with Crippen LogP contribution in [0.4, 0.5) is 4.79 Å². The lowest BCUT2D eigenvalue weighted by molar-refractivity contribution is 0.193. The highest BCUT2D eigenvalue weighted by Gasteiger charge is 2.23. The Balaban J connectivity index is 2.13. The summed E-state index contributed by atoms with van der Waals surface area (Å²) in [7, 11) is 0. The van der Waals surface area contributed by atoms with E-state index in [1.54, 1.807) is 16.7 Å². The molecule has 0 saturated heterocycles. The van der Waals surface area contributed by atoms with Crippen molar-refractivity contribution in [2.45, 2.75) is 60.2 Å². The SMILES string of the molecule is CCCCOc1c(CNC(=O)O)n(CC(C)(C)C)c(=O)c2ccc(OCc3ccccc3)cc12. The van der Waals surface area contributed by atoms with E-state index in [-0.39, 0.29) is 17.5 Å². The highest BCUT2D eigenvalue weighted by Crippen LogP contribution is 2.33. The lowest BCUT2D eigenvalue weighted by atomic mass is 9.96. The summed E-state index contributed by atoms with van der Waals surface area (Å²) in [5.74, 6) is 1.13. The molecule has 3 rings (SSSR count). The summed E-state index contributed by atoms with van der Waals surface area (Å²) in [5.41, 5.74) is 1.18. The van der Waals surface area contributed by atoms with Gasteiger partial charge >= 0.3 is 6.09 Å². The summed E-state index contributed by atoms with van der Waals surface area (Å²) in [6.45, 7) is 9.44. The Morgan fingerprint density at radius 3 is 2.44 bits per heavy atom. The van der Waals surface area contributed by atoms with Gasteiger partial charge in [0.05, 0.1) is 24.2 Å². The van der Waals surface area contributed by atoms with E-state index < -0.39 is 6.09 Å². The van der Waals surface area contributed by atoms with Gasteiger partial charge in [-0.05, 0) is 35.6 Å². The number of aromatic nitrogens is 1. The molecule has 0 bridgehead atoms. The van der Waals surface area contributed by atoms with Gasteiger partial charge in [0.1, 0.15) is 18.1 Å². The van der Waals surface area contributed by atoms with Crippen molar-refractivity contribution in [3.63, 3.8) is 0 Å². The maximum Gasteiger partial charge on any atom is 0.404 e. The number of rotatable bonds is 10. The molecule has 0 aliphatic rings. The minimum atomic E-state index is -1.16. The zero-order valence-electron chi connectivity index (χ0n) is 20.4. The van der Waals surface area contributed by atoms with E-state index in [0.29, 0.717) is 47.7 Å². The number of unbranched alkanes of at least 4 members (excludes halogenated alkanes) is 1. The lowest BCUT2D eigenvalue weighted by Gasteiger charge is -2.25. The summed E-state index contributed by atoms with van der Waals surface area (Å²) >= 11 is 0. The van der Waals surface area contributed by atoms with E-state index in [2.05, 4.69) is 12.2 Å². The van der Waals surface area contributed by atoms with Gasteiger partial charge in [0.15, 0.2) is 0 Å². The van der Waals surface area contributed by atoms with Gasteiger partial charge in [0.25, 0.3) is 5.56 Å². The van der Waals surface area contributed by atoms with Gasteiger partial charge in [-0.1, -0.05) is 64.4 Å². The van der Waals surface area contributed by atoms with Crippen LogP contribution < -0.4 is 20.3 Å². The van der Waals surface area contributed by atoms with Crippen LogP contribution >= 0.6 is 0 Å². The maximum atomic E-state index is 13.5. The van der Waals surface area contributed by atoms with Crippen molar-refractivity contribution in [1.82, 2.24) is 9.88 Å². The topological polar surface area (TPSA) is 89.8 Å². The summed E-state index contributed by atoms with van der Waals surface area (Å²) < 4.78 is 13.8. The van der Waals surface area contributed by atoms with Crippen molar-refractivity contribution in [3.8, 4) is 11.5 Å². The Hall–Kier alpha value is -3.48. The van der Waals surface area contributed by atoms with Gasteiger partial charge < -0.3 is 24.5 Å². The van der Waals surface area contributed by atoms with Gasteiger partial charge in [-0.2, -0.15) is 0 Å². The zero-order chi connectivity index (χ0) is 24.7. The molecule has 0 radical (unpaired) electrons. The van der Waals surface area contributed by atoms with E-state index >= 15 is 0 Å². The van der Waals surface area contributed by atoms with E-state index in [4.69, 9.17) is 9.47 Å². The predicted molar refractivity (Wildman–Crippen MR) is 134 cm³/mol. The second-order valence-corrected chi connectivity index (χ2v) is 9.57. The average molecular weight is 467 g/mol. The van der Waals surface area contributed by atoms with Crippen LogP contribution in [0.25, 0.3) is 10.8 Å². The number of fused-ring (bicyclic) bond motifs is 1. The molecule has 2 N–H and O–H groups in total. The molecule has 1 amide bonds. The summed E-state index contributed by atoms with van der Waals surface area (Å²) in [4.78, 5) is 24.8. The highest BCUT2D eigenvalue weighted by atomic mass is 16.5. The van der Waals surface area contributed by atoms with Gasteiger partial charge in [-0.3, -0.25) is 4.79 Å². The molecule has 182 valence electrons. The molecule has 3 aromatic rings. The number of carboxylic acid groups (broad SMARTS) is 1. The van der Waals surface area contributed by atoms with Crippen molar-refractivity contribution in [2.24, 2.45) is 5.41 Å². The minimum absolute atomic E-state index is 0.0346. The van der Waals surface area contributed by atoms with E-state index in [1.165, 1.54) is 0 Å². The van der Waals surface area contributed by atoms with Crippen LogP contribution in [-0.4, -0.2) is 22.4 Å². The van der Waals surface area contributed by atoms with Crippen LogP contribution in [0.5, 0.6) is 11.5 Å². The summed E-state index contributed by atoms with van der Waals surface area (Å²) in [5, 5.41) is 12.8. The Bertz CT molecular complexity index is 1180. The Labute approximate surface area is 200 Å². The smallest absolute Gasteiger partial charge is 0.404 e. The number of pyridine rings is 1. The van der Waals surface area contributed by atoms with E-state index in [0.717, 1.165) is 18.4 Å². The minimum Gasteiger partial charge on any atom is -0.491 e. The number of hydrogen-bond acceptors (Lipinski definition) is 4. The summed E-state index contributed by atoms with van der Waals surface area (Å²) in [6.07, 6.45) is 0.637. The molecule has 0 aliphatic heterocycles. The predicted octanol–water partition coefficient (Wildman–Crippen LogP) is 5.57. The molecule has 7 nitrogen and oxygen atoms in total. The average Bonchev–Trinajstić information content (AvgIpc) is 2.79. The number of carbonyl (C=O) groups is 1. The first-order chi connectivity index (χ1) is 16.2. The number of ether oxygens (including phenoxy) is 2. The number of hydrogen-bond donors (Lipinski definition) is 2. The van der Waals surface area contributed by atoms with Crippen LogP contribution in [0.3, 0.4) is 0 Å². The van der Waals surface area contributed by atoms with Gasteiger partial charge in [0.2, 0.25) is 0 Å². The molecule has 0 atom stereocenters. The molecule has 0 saturated carbocycles. The van der Waals surface area contributed by atoms with E-state index in [1.807, 2.05) is 57.2 Å². The second kappa shape index (κ2) is 11.1. The third-order valence-electron chi connectivity index (χ3n) is 5.33. The standard InChI is InChI=1S/C27H34N2O5/c1-5-6-14-33-24-22-15-20(34-17-19-10-8-7-9-11-19)12-13-21(22)25(30)29(18-27(2,3)4)23(24)16-28-26(31)32/h7-13,15,28H,5-6,14,16-18H2,1-4H3,(H,31,32). The Morgan fingerprint density at radius 1 is 1.06 bits per heavy atom. The van der Waals surface area contributed by atoms with Crippen molar-refractivity contribution in [1.29, 1.82) is 0 Å². The van der Waals surface area contributed by atoms with Crippen molar-refractivity contribution in [2.75, 3.05) is 6.61 Å². The molecule has 34 heavy (non-hydrogen) atoms. The number of nitrogens with one attached hydrogen (secondary N) is 1. The van der Waals surface area contributed by atoms with Crippen molar-refractivity contribution in [3.05, 3.63) is 70.1 Å². The third-order valence-corrected chi connectivity index (χ3v) is 5.33. The normalized spacial score (nSPS) is 11.4. The van der Waals surface area contributed by atoms with Crippen LogP contribution in [-0.2, 0) is 19.7 Å². The van der Waals surface area contributed by atoms with Gasteiger partial charge in [-0.15, -0.1) is 0 Å². The monoisotopic (exact) mass is 466 g/mol. The summed E-state index contributed by atoms with van der Waals surface area (Å²) in [6, 6.07) is 15.2. The fourth-order valence-corrected chi connectivity index (χ4v) is 3.73. The molecular formula is C27H34N2O5. The number of benzene rings is 2. The lowest BCUT2D eigenvalue weighted by Crippen LogP contribution is -2.33. The second-order valence-electron chi connectivity index (χ2n) is 9.57. The molecule has 1 aromatic heterocycles. The fourth-order valence-electron chi connectivity index (χ4n) is 3.73. The zero-order valence-corrected chi connectivity index (χ0v) is 20.4. The van der Waals surface area contributed by atoms with Crippen LogP contribution in [0.1, 0.15) is 51.8 Å². The molecule has 2 aromatic carbocycles.